The number of imidazole rings is 3. The molecule has 88 heavy (non-hydrogen) atoms. The van der Waals surface area contributed by atoms with Crippen LogP contribution in [-0.2, 0) is 0 Å². The van der Waals surface area contributed by atoms with Gasteiger partial charge in [0.2, 0.25) is 16.5 Å². The number of anilines is 6. The summed E-state index contributed by atoms with van der Waals surface area (Å²) >= 11 is 17.2. The van der Waals surface area contributed by atoms with Crippen LogP contribution in [0.1, 0.15) is 119 Å². The number of nitrogens with zero attached hydrogens (tertiary/aromatic N) is 21. The van der Waals surface area contributed by atoms with E-state index in [0.717, 1.165) is 97.7 Å². The monoisotopic (exact) mass is 1230 g/mol. The van der Waals surface area contributed by atoms with Gasteiger partial charge in [-0.2, -0.15) is 25.8 Å². The number of nitrogen functional groups attached to an aromatic ring is 1. The molecule has 1 saturated heterocycles. The third-order valence-corrected chi connectivity index (χ3v) is 17.1. The molecule has 4 aliphatic carbocycles. The molecular weight excluding hydrogens is 1180 g/mol. The second-order valence-electron chi connectivity index (χ2n) is 22.3. The lowest BCUT2D eigenvalue weighted by Crippen LogP contribution is -2.26. The Hall–Kier alpha value is -9.67. The maximum atomic E-state index is 9.03. The first-order chi connectivity index (χ1) is 43.0. The van der Waals surface area contributed by atoms with Crippen LogP contribution >= 0.6 is 34.8 Å². The Bertz CT molecular complexity index is 4240. The van der Waals surface area contributed by atoms with Gasteiger partial charge < -0.3 is 35.0 Å². The zero-order chi connectivity index (χ0) is 60.5. The predicted octanol–water partition coefficient (Wildman–Crippen LogP) is 12.4. The smallest absolute Gasteiger partial charge is 0.246 e. The van der Waals surface area contributed by atoms with Crippen LogP contribution in [0.3, 0.4) is 0 Å². The Morgan fingerprint density at radius 3 is 1.51 bits per heavy atom. The maximum Gasteiger partial charge on any atom is 0.246 e. The number of aromatic nitrogens is 17. The van der Waals surface area contributed by atoms with Crippen LogP contribution in [0.5, 0.6) is 0 Å². The summed E-state index contributed by atoms with van der Waals surface area (Å²) in [5.41, 5.74) is 10.3. The van der Waals surface area contributed by atoms with E-state index in [-0.39, 0.29) is 34.4 Å². The number of halogens is 3. The fraction of sp³-hybridized carbons (Fsp3) is 0.344. The summed E-state index contributed by atoms with van der Waals surface area (Å²) in [6.07, 6.45) is 33.3. The van der Waals surface area contributed by atoms with Crippen LogP contribution in [0.4, 0.5) is 35.0 Å². The molecule has 12 heterocycles. The van der Waals surface area contributed by atoms with E-state index in [0.29, 0.717) is 46.7 Å². The maximum absolute atomic E-state index is 9.03. The zero-order valence-electron chi connectivity index (χ0n) is 47.7. The number of hydrogen-bond acceptors (Lipinski definition) is 18. The molecule has 446 valence electrons. The molecule has 4 saturated carbocycles. The summed E-state index contributed by atoms with van der Waals surface area (Å²) in [6.45, 7) is 0.893. The lowest BCUT2D eigenvalue weighted by Gasteiger charge is -2.31. The Balaban J connectivity index is 0.000000116. The highest BCUT2D eigenvalue weighted by molar-refractivity contribution is 6.34. The van der Waals surface area contributed by atoms with Crippen molar-refractivity contribution in [2.45, 2.75) is 107 Å². The minimum Gasteiger partial charge on any atom is -0.382 e. The highest BCUT2D eigenvalue weighted by Gasteiger charge is 2.33. The van der Waals surface area contributed by atoms with Gasteiger partial charge in [0.05, 0.1) is 66.7 Å². The molecule has 0 spiro atoms. The van der Waals surface area contributed by atoms with Gasteiger partial charge in [0, 0.05) is 85.9 Å². The fourth-order valence-electron chi connectivity index (χ4n) is 11.5. The second kappa shape index (κ2) is 26.9. The summed E-state index contributed by atoms with van der Waals surface area (Å²) in [5, 5.41) is 46.4. The van der Waals surface area contributed by atoms with E-state index < -0.39 is 0 Å². The third-order valence-electron chi connectivity index (χ3n) is 16.5. The second-order valence-corrected chi connectivity index (χ2v) is 23.3. The Kier molecular flexibility index (Phi) is 18.0. The van der Waals surface area contributed by atoms with Gasteiger partial charge in [-0.05, 0) is 148 Å². The van der Waals surface area contributed by atoms with E-state index in [1.165, 1.54) is 31.4 Å². The van der Waals surface area contributed by atoms with E-state index >= 15 is 0 Å². The number of hydrogen-bond donors (Lipinski definition) is 3. The van der Waals surface area contributed by atoms with Crippen molar-refractivity contribution in [1.29, 1.82) is 15.8 Å². The molecule has 4 N–H and O–H groups in total. The van der Waals surface area contributed by atoms with Gasteiger partial charge in [-0.1, -0.05) is 36.6 Å². The van der Waals surface area contributed by atoms with Gasteiger partial charge in [0.1, 0.15) is 34.0 Å². The molecule has 5 fully saturated rings. The van der Waals surface area contributed by atoms with Crippen LogP contribution < -0.4 is 21.3 Å². The van der Waals surface area contributed by atoms with Gasteiger partial charge in [-0.15, -0.1) is 15.3 Å². The highest BCUT2D eigenvalue weighted by atomic mass is 35.5. The Morgan fingerprint density at radius 2 is 0.989 bits per heavy atom. The molecule has 16 rings (SSSR count). The van der Waals surface area contributed by atoms with Crippen LogP contribution in [0.15, 0.2) is 141 Å². The number of pyridine rings is 2. The number of fused-ring (bicyclic) bond motifs is 3. The van der Waals surface area contributed by atoms with Crippen molar-refractivity contribution in [3.8, 4) is 18.2 Å². The van der Waals surface area contributed by atoms with Crippen LogP contribution in [0.25, 0.3) is 16.6 Å². The molecule has 0 aromatic carbocycles. The molecule has 1 unspecified atom stereocenters. The zero-order valence-corrected chi connectivity index (χ0v) is 50.0. The standard InChI is InChI=1S/C23H23N9.C14H12ClN7.C10H13N.C8H10N4.C6H3Cl2N3/c24-13-16-11-17(12-16)30-14-21(26-15-30)27-22-20-7-4-10-32(20)29-23(28-22)31-9-3-6-19(31)18-5-1-2-8-25-18;15-14-19-13(11-2-1-3-22(11)20-14)18-12-7-21(8-17-12)10-4-9(5-10)6-16;1-2-6-9(5-1)10-7-3-4-8-11-10;9-3-6-1-7(2-6)12-4-8(10)11-5-12;7-5-4-2-1-3-11(4)10-6(8)9-5/h1-2,4-5,7-8,10,14-17,19H,3,6,9,11-12H2,(H,27,28,29);1-3,7-10H,4-5H2,(H,18,19,20);3-4,7-9H,1-2,5-6H2;4-7H,1-2,10H2;1-3H. The van der Waals surface area contributed by atoms with Gasteiger partial charge in [-0.3, -0.25) is 9.97 Å². The molecule has 5 aliphatic rings. The third kappa shape index (κ3) is 13.6. The van der Waals surface area contributed by atoms with E-state index in [2.05, 4.69) is 102 Å². The molecule has 27 heteroatoms. The van der Waals surface area contributed by atoms with Crippen molar-refractivity contribution in [1.82, 2.24) is 82.4 Å². The van der Waals surface area contributed by atoms with Crippen molar-refractivity contribution >= 4 is 86.4 Å². The normalized spacial score (nSPS) is 20.8. The summed E-state index contributed by atoms with van der Waals surface area (Å²) < 4.78 is 11.2. The van der Waals surface area contributed by atoms with E-state index in [1.807, 2.05) is 118 Å². The summed E-state index contributed by atoms with van der Waals surface area (Å²) in [6, 6.07) is 31.8. The molecule has 1 atom stereocenters. The average molecular weight is 1240 g/mol. The lowest BCUT2D eigenvalue weighted by molar-refractivity contribution is 0.248. The van der Waals surface area contributed by atoms with E-state index in [9.17, 15) is 0 Å². The number of rotatable bonds is 10. The molecule has 11 aromatic heterocycles. The molecule has 11 aromatic rings. The molecule has 0 bridgehead atoms. The first-order valence-electron chi connectivity index (χ1n) is 29.2. The molecule has 24 nitrogen and oxygen atoms in total. The SMILES string of the molecule is Clc1nc(Cl)c2cccn2n1.N#CC1CC(n2cnc(N)c2)C1.N#CC1CC(n2cnc(Nc3nc(Cl)nn4cccc34)c2)C1.N#CC1CC(n2cnc(Nc3nc(N4CCCC4c4ccccn4)nn4cccc34)c2)C1.c1ccc(C2CCCC2)nc1. The lowest BCUT2D eigenvalue weighted by atomic mass is 9.81. The average Bonchev–Trinajstić information content (AvgIpc) is 2.44. The molecule has 0 radical (unpaired) electrons. The topological polar surface area (TPSA) is 294 Å². The van der Waals surface area contributed by atoms with Gasteiger partial charge in [0.15, 0.2) is 16.8 Å². The van der Waals surface area contributed by atoms with Gasteiger partial charge in [0.25, 0.3) is 0 Å². The quantitative estimate of drug-likeness (QED) is 0.115. The summed E-state index contributed by atoms with van der Waals surface area (Å²) in [5.74, 6) is 5.32. The van der Waals surface area contributed by atoms with Crippen molar-refractivity contribution in [3.63, 3.8) is 0 Å². The van der Waals surface area contributed by atoms with Gasteiger partial charge >= 0.3 is 0 Å². The molecule has 1 aliphatic heterocycles. The predicted molar refractivity (Wildman–Crippen MR) is 333 cm³/mol. The van der Waals surface area contributed by atoms with Gasteiger partial charge in [-0.25, -0.2) is 33.5 Å². The Labute approximate surface area is 521 Å². The van der Waals surface area contributed by atoms with Crippen molar-refractivity contribution in [2.75, 3.05) is 27.8 Å². The first kappa shape index (κ1) is 58.7. The number of nitriles is 3. The van der Waals surface area contributed by atoms with E-state index in [1.54, 1.807) is 27.9 Å². The van der Waals surface area contributed by atoms with Crippen LogP contribution in [0, 0.1) is 51.7 Å². The summed E-state index contributed by atoms with van der Waals surface area (Å²) in [7, 11) is 0. The minimum atomic E-state index is 0.152. The van der Waals surface area contributed by atoms with Crippen molar-refractivity contribution in [3.05, 3.63) is 168 Å². The van der Waals surface area contributed by atoms with Crippen molar-refractivity contribution in [2.24, 2.45) is 17.8 Å². The number of nitrogens with two attached hydrogens (primary N) is 1. The largest absolute Gasteiger partial charge is 0.382 e. The Morgan fingerprint density at radius 1 is 0.500 bits per heavy atom. The van der Waals surface area contributed by atoms with Crippen LogP contribution in [-0.4, -0.2) is 89.0 Å². The highest BCUT2D eigenvalue weighted by Crippen LogP contribution is 2.40. The molecule has 0 amide bonds. The van der Waals surface area contributed by atoms with Crippen LogP contribution in [0.2, 0.25) is 15.7 Å². The molecular formula is C61H61Cl3N24. The minimum absolute atomic E-state index is 0.152. The summed E-state index contributed by atoms with van der Waals surface area (Å²) in [4.78, 5) is 36.8. The number of nitrogens with one attached hydrogen (secondary N) is 2. The van der Waals surface area contributed by atoms with Crippen molar-refractivity contribution < 1.29 is 0 Å². The fourth-order valence-corrected chi connectivity index (χ4v) is 12.1. The van der Waals surface area contributed by atoms with E-state index in [4.69, 9.17) is 66.4 Å². The first-order valence-corrected chi connectivity index (χ1v) is 30.4.